The summed E-state index contributed by atoms with van der Waals surface area (Å²) in [6.45, 7) is 13.1. The van der Waals surface area contributed by atoms with Gasteiger partial charge < -0.3 is 10.6 Å². The normalized spacial score (nSPS) is 19.4. The van der Waals surface area contributed by atoms with Crippen LogP contribution in [-0.2, 0) is 0 Å². The maximum atomic E-state index is 6.24. The fourth-order valence-electron chi connectivity index (χ4n) is 3.00. The van der Waals surface area contributed by atoms with Crippen LogP contribution >= 0.6 is 23.2 Å². The lowest BCUT2D eigenvalue weighted by Gasteiger charge is -2.12. The predicted molar refractivity (Wildman–Crippen MR) is 92.6 cm³/mol. The molecule has 1 aliphatic rings. The molecule has 0 spiro atoms. The molecule has 2 rings (SSSR count). The number of hydrogen-bond acceptors (Lipinski definition) is 3. The molecule has 0 unspecified atom stereocenters. The first kappa shape index (κ1) is 16.7. The minimum absolute atomic E-state index is 0.349. The highest BCUT2D eigenvalue weighted by molar-refractivity contribution is 6.37. The third kappa shape index (κ3) is 3.09. The van der Waals surface area contributed by atoms with Gasteiger partial charge in [-0.05, 0) is 29.2 Å². The van der Waals surface area contributed by atoms with E-state index in [4.69, 9.17) is 23.2 Å². The Bertz CT molecular complexity index is 512. The van der Waals surface area contributed by atoms with E-state index in [1.54, 1.807) is 6.07 Å². The second kappa shape index (κ2) is 5.85. The predicted octanol–water partition coefficient (Wildman–Crippen LogP) is 5.30. The van der Waals surface area contributed by atoms with Crippen molar-refractivity contribution in [2.75, 3.05) is 23.7 Å². The standard InChI is InChI=1S/C16H25Cl2N3/c1-6-7-19-13-10(17)8-11(18)14(21-13)20-9-12-15(2,3)16(12,4)5/h8,12H,6-7,9H2,1-5H3,(H2,19,20,21). The van der Waals surface area contributed by atoms with E-state index >= 15 is 0 Å². The molecule has 0 saturated heterocycles. The molecule has 5 heteroatoms. The van der Waals surface area contributed by atoms with E-state index in [2.05, 4.69) is 50.2 Å². The van der Waals surface area contributed by atoms with E-state index in [1.807, 2.05) is 0 Å². The lowest BCUT2D eigenvalue weighted by Crippen LogP contribution is -2.11. The zero-order valence-electron chi connectivity index (χ0n) is 13.5. The van der Waals surface area contributed by atoms with Crippen LogP contribution < -0.4 is 10.6 Å². The van der Waals surface area contributed by atoms with Crippen molar-refractivity contribution >= 4 is 34.8 Å². The van der Waals surface area contributed by atoms with Crippen LogP contribution in [-0.4, -0.2) is 18.1 Å². The minimum atomic E-state index is 0.349. The van der Waals surface area contributed by atoms with Gasteiger partial charge in [0.15, 0.2) is 0 Å². The quantitative estimate of drug-likeness (QED) is 0.743. The molecule has 118 valence electrons. The SMILES string of the molecule is CCCNc1nc(NCC2C(C)(C)C2(C)C)c(Cl)cc1Cl. The Hall–Kier alpha value is -0.670. The lowest BCUT2D eigenvalue weighted by atomic mass is 10.0. The highest BCUT2D eigenvalue weighted by Crippen LogP contribution is 2.68. The molecule has 1 heterocycles. The molecule has 1 fully saturated rings. The average molecular weight is 330 g/mol. The van der Waals surface area contributed by atoms with Crippen LogP contribution in [0.2, 0.25) is 10.0 Å². The summed E-state index contributed by atoms with van der Waals surface area (Å²) in [5.41, 5.74) is 0.699. The first-order valence-electron chi connectivity index (χ1n) is 7.55. The summed E-state index contributed by atoms with van der Waals surface area (Å²) in [6, 6.07) is 1.75. The lowest BCUT2D eigenvalue weighted by molar-refractivity contribution is 0.457. The molecular formula is C16H25Cl2N3. The third-order valence-electron chi connectivity index (χ3n) is 5.27. The Balaban J connectivity index is 2.07. The van der Waals surface area contributed by atoms with Crippen LogP contribution in [0.15, 0.2) is 6.07 Å². The third-order valence-corrected chi connectivity index (χ3v) is 5.84. The number of aromatic nitrogens is 1. The zero-order valence-corrected chi connectivity index (χ0v) is 15.0. The molecule has 0 atom stereocenters. The molecule has 1 aromatic heterocycles. The zero-order chi connectivity index (χ0) is 15.8. The smallest absolute Gasteiger partial charge is 0.147 e. The Kier molecular flexibility index (Phi) is 4.65. The van der Waals surface area contributed by atoms with Crippen molar-refractivity contribution in [2.45, 2.75) is 41.0 Å². The largest absolute Gasteiger partial charge is 0.369 e. The second-order valence-electron chi connectivity index (χ2n) is 6.95. The second-order valence-corrected chi connectivity index (χ2v) is 7.77. The van der Waals surface area contributed by atoms with Crippen molar-refractivity contribution in [3.63, 3.8) is 0 Å². The van der Waals surface area contributed by atoms with Gasteiger partial charge in [0.05, 0.1) is 10.0 Å². The van der Waals surface area contributed by atoms with E-state index in [0.29, 0.717) is 38.4 Å². The van der Waals surface area contributed by atoms with Crippen LogP contribution in [0, 0.1) is 16.7 Å². The maximum absolute atomic E-state index is 6.24. The number of rotatable bonds is 6. The van der Waals surface area contributed by atoms with Gasteiger partial charge in [-0.1, -0.05) is 57.8 Å². The molecule has 0 amide bonds. The number of nitrogens with zero attached hydrogens (tertiary/aromatic N) is 1. The summed E-state index contributed by atoms with van der Waals surface area (Å²) in [7, 11) is 0. The number of nitrogens with one attached hydrogen (secondary N) is 2. The fourth-order valence-corrected chi connectivity index (χ4v) is 3.49. The van der Waals surface area contributed by atoms with Crippen molar-refractivity contribution < 1.29 is 0 Å². The van der Waals surface area contributed by atoms with E-state index in [-0.39, 0.29) is 0 Å². The van der Waals surface area contributed by atoms with E-state index < -0.39 is 0 Å². The van der Waals surface area contributed by atoms with Gasteiger partial charge in [0.1, 0.15) is 11.6 Å². The Morgan fingerprint density at radius 3 is 2.05 bits per heavy atom. The molecule has 0 radical (unpaired) electrons. The minimum Gasteiger partial charge on any atom is -0.369 e. The van der Waals surface area contributed by atoms with Gasteiger partial charge in [0.25, 0.3) is 0 Å². The summed E-state index contributed by atoms with van der Waals surface area (Å²) in [5, 5.41) is 7.74. The van der Waals surface area contributed by atoms with Crippen LogP contribution in [0.4, 0.5) is 11.6 Å². The molecule has 1 aliphatic carbocycles. The molecular weight excluding hydrogens is 305 g/mol. The number of anilines is 2. The monoisotopic (exact) mass is 329 g/mol. The number of pyridine rings is 1. The first-order chi connectivity index (χ1) is 9.71. The van der Waals surface area contributed by atoms with Gasteiger partial charge in [0.2, 0.25) is 0 Å². The van der Waals surface area contributed by atoms with Gasteiger partial charge >= 0.3 is 0 Å². The van der Waals surface area contributed by atoms with Crippen LogP contribution in [0.5, 0.6) is 0 Å². The van der Waals surface area contributed by atoms with Crippen molar-refractivity contribution in [1.82, 2.24) is 4.98 Å². The summed E-state index contributed by atoms with van der Waals surface area (Å²) in [4.78, 5) is 4.52. The van der Waals surface area contributed by atoms with Crippen molar-refractivity contribution in [3.05, 3.63) is 16.1 Å². The van der Waals surface area contributed by atoms with E-state index in [0.717, 1.165) is 19.5 Å². The van der Waals surface area contributed by atoms with E-state index in [9.17, 15) is 0 Å². The van der Waals surface area contributed by atoms with Gasteiger partial charge in [-0.3, -0.25) is 0 Å². The molecule has 0 aliphatic heterocycles. The van der Waals surface area contributed by atoms with Crippen molar-refractivity contribution in [2.24, 2.45) is 16.7 Å². The summed E-state index contributed by atoms with van der Waals surface area (Å²) in [5.74, 6) is 2.02. The van der Waals surface area contributed by atoms with Crippen LogP contribution in [0.25, 0.3) is 0 Å². The van der Waals surface area contributed by atoms with Gasteiger partial charge in [-0.15, -0.1) is 0 Å². The summed E-state index contributed by atoms with van der Waals surface area (Å²) in [6.07, 6.45) is 1.02. The Labute approximate surface area is 137 Å². The number of hydrogen-bond donors (Lipinski definition) is 2. The molecule has 0 aromatic carbocycles. The first-order valence-corrected chi connectivity index (χ1v) is 8.31. The molecule has 3 nitrogen and oxygen atoms in total. The highest BCUT2D eigenvalue weighted by atomic mass is 35.5. The molecule has 0 bridgehead atoms. The number of halogens is 2. The Morgan fingerprint density at radius 2 is 1.57 bits per heavy atom. The van der Waals surface area contributed by atoms with E-state index in [1.165, 1.54) is 0 Å². The van der Waals surface area contributed by atoms with Crippen LogP contribution in [0.1, 0.15) is 41.0 Å². The van der Waals surface area contributed by atoms with Gasteiger partial charge in [-0.2, -0.15) is 0 Å². The average Bonchev–Trinajstić information content (AvgIpc) is 2.78. The Morgan fingerprint density at radius 1 is 1.05 bits per heavy atom. The van der Waals surface area contributed by atoms with Crippen LogP contribution in [0.3, 0.4) is 0 Å². The molecule has 1 saturated carbocycles. The topological polar surface area (TPSA) is 37.0 Å². The highest BCUT2D eigenvalue weighted by Gasteiger charge is 2.64. The maximum Gasteiger partial charge on any atom is 0.147 e. The van der Waals surface area contributed by atoms with Gasteiger partial charge in [-0.25, -0.2) is 4.98 Å². The molecule has 1 aromatic rings. The van der Waals surface area contributed by atoms with Crippen molar-refractivity contribution in [3.8, 4) is 0 Å². The summed E-state index contributed by atoms with van der Waals surface area (Å²) < 4.78 is 0. The van der Waals surface area contributed by atoms with Gasteiger partial charge in [0, 0.05) is 13.1 Å². The molecule has 2 N–H and O–H groups in total. The summed E-state index contributed by atoms with van der Waals surface area (Å²) >= 11 is 12.4. The molecule has 21 heavy (non-hydrogen) atoms. The van der Waals surface area contributed by atoms with Crippen molar-refractivity contribution in [1.29, 1.82) is 0 Å². The fraction of sp³-hybridized carbons (Fsp3) is 0.688.